The van der Waals surface area contributed by atoms with Crippen molar-refractivity contribution in [2.45, 2.75) is 9.79 Å². The van der Waals surface area contributed by atoms with Crippen molar-refractivity contribution in [3.8, 4) is 0 Å². The Morgan fingerprint density at radius 2 is 0.833 bits per heavy atom. The van der Waals surface area contributed by atoms with Gasteiger partial charge < -0.3 is 0 Å². The molecular weight excluding hydrogens is 692 g/mol. The van der Waals surface area contributed by atoms with Crippen LogP contribution in [0, 0.1) is 0 Å². The van der Waals surface area contributed by atoms with Gasteiger partial charge in [-0.2, -0.15) is 0 Å². The average molecular weight is 704 g/mol. The molecule has 0 fully saturated rings. The minimum atomic E-state index is -3.94. The predicted octanol–water partition coefficient (Wildman–Crippen LogP) is 6.34. The van der Waals surface area contributed by atoms with Crippen LogP contribution in [0.1, 0.15) is 0 Å². The van der Waals surface area contributed by atoms with Crippen LogP contribution in [-0.4, -0.2) is 16.8 Å². The van der Waals surface area contributed by atoms with E-state index in [0.717, 1.165) is 0 Å². The summed E-state index contributed by atoms with van der Waals surface area (Å²) in [5.74, 6) is 0. The highest BCUT2D eigenvalue weighted by Gasteiger charge is 2.23. The predicted molar refractivity (Wildman–Crippen MR) is 132 cm³/mol. The first-order chi connectivity index (χ1) is 14.0. The van der Waals surface area contributed by atoms with Crippen molar-refractivity contribution < 1.29 is 16.8 Å². The molecule has 0 aliphatic carbocycles. The Morgan fingerprint density at radius 1 is 0.533 bits per heavy atom. The summed E-state index contributed by atoms with van der Waals surface area (Å²) in [7, 11) is -7.87. The first kappa shape index (κ1) is 23.7. The van der Waals surface area contributed by atoms with Crippen LogP contribution < -0.4 is 9.44 Å². The van der Waals surface area contributed by atoms with E-state index in [1.165, 1.54) is 18.2 Å². The van der Waals surface area contributed by atoms with Crippen molar-refractivity contribution in [2.24, 2.45) is 0 Å². The van der Waals surface area contributed by atoms with E-state index in [9.17, 15) is 16.8 Å². The molecule has 0 saturated heterocycles. The molecular formula is C18H12Br4N2O4S2. The minimum Gasteiger partial charge on any atom is -0.279 e. The third kappa shape index (κ3) is 5.28. The highest BCUT2D eigenvalue weighted by atomic mass is 79.9. The summed E-state index contributed by atoms with van der Waals surface area (Å²) < 4.78 is 57.8. The first-order valence-electron chi connectivity index (χ1n) is 8.05. The normalized spacial score (nSPS) is 11.9. The second kappa shape index (κ2) is 9.29. The molecule has 0 amide bonds. The number of nitrogens with one attached hydrogen (secondary N) is 2. The Balaban J connectivity index is 1.92. The Bertz CT molecular complexity index is 1190. The molecule has 0 aliphatic rings. The molecule has 0 unspecified atom stereocenters. The SMILES string of the molecule is O=S(=O)(Nc1cccc(NS(=O)(=O)c2c(Br)cccc2Br)c1)c1c(Br)cccc1Br. The molecule has 0 bridgehead atoms. The Labute approximate surface area is 208 Å². The lowest BCUT2D eigenvalue weighted by Crippen LogP contribution is -2.16. The van der Waals surface area contributed by atoms with Crippen LogP contribution in [0.2, 0.25) is 0 Å². The van der Waals surface area contributed by atoms with Gasteiger partial charge in [-0.25, -0.2) is 16.8 Å². The van der Waals surface area contributed by atoms with E-state index >= 15 is 0 Å². The summed E-state index contributed by atoms with van der Waals surface area (Å²) in [5, 5.41) is 0. The van der Waals surface area contributed by atoms with Gasteiger partial charge in [0.1, 0.15) is 9.79 Å². The number of hydrogen-bond acceptors (Lipinski definition) is 4. The molecule has 3 aromatic carbocycles. The Hall–Kier alpha value is -0.920. The van der Waals surface area contributed by atoms with Gasteiger partial charge >= 0.3 is 0 Å². The smallest absolute Gasteiger partial charge is 0.264 e. The van der Waals surface area contributed by atoms with Gasteiger partial charge in [0, 0.05) is 17.9 Å². The highest BCUT2D eigenvalue weighted by molar-refractivity contribution is 9.11. The van der Waals surface area contributed by atoms with Crippen molar-refractivity contribution in [1.82, 2.24) is 0 Å². The third-order valence-electron chi connectivity index (χ3n) is 3.74. The van der Waals surface area contributed by atoms with Gasteiger partial charge in [-0.15, -0.1) is 0 Å². The van der Waals surface area contributed by atoms with E-state index in [0.29, 0.717) is 17.9 Å². The maximum absolute atomic E-state index is 12.8. The lowest BCUT2D eigenvalue weighted by Gasteiger charge is -2.14. The van der Waals surface area contributed by atoms with E-state index in [-0.39, 0.29) is 21.2 Å². The summed E-state index contributed by atoms with van der Waals surface area (Å²) in [6.45, 7) is 0. The molecule has 0 aromatic heterocycles. The van der Waals surface area contributed by atoms with E-state index in [2.05, 4.69) is 73.2 Å². The second-order valence-corrected chi connectivity index (χ2v) is 12.5. The van der Waals surface area contributed by atoms with Crippen LogP contribution in [0.25, 0.3) is 0 Å². The topological polar surface area (TPSA) is 92.3 Å². The van der Waals surface area contributed by atoms with Crippen LogP contribution in [0.4, 0.5) is 11.4 Å². The van der Waals surface area contributed by atoms with Crippen molar-refractivity contribution >= 4 is 95.1 Å². The molecule has 2 N–H and O–H groups in total. The van der Waals surface area contributed by atoms with Crippen LogP contribution in [0.3, 0.4) is 0 Å². The van der Waals surface area contributed by atoms with Crippen molar-refractivity contribution in [2.75, 3.05) is 9.44 Å². The van der Waals surface area contributed by atoms with E-state index in [4.69, 9.17) is 0 Å². The zero-order valence-corrected chi connectivity index (χ0v) is 22.7. The lowest BCUT2D eigenvalue weighted by molar-refractivity contribution is 0.598. The molecule has 158 valence electrons. The largest absolute Gasteiger partial charge is 0.279 e. The van der Waals surface area contributed by atoms with Gasteiger partial charge in [0.2, 0.25) is 0 Å². The fourth-order valence-corrected chi connectivity index (χ4v) is 9.47. The fourth-order valence-electron chi connectivity index (χ4n) is 2.54. The van der Waals surface area contributed by atoms with Crippen molar-refractivity contribution in [3.05, 3.63) is 78.6 Å². The van der Waals surface area contributed by atoms with Gasteiger partial charge in [0.05, 0.1) is 11.4 Å². The summed E-state index contributed by atoms with van der Waals surface area (Å²) in [4.78, 5) is 0.0706. The van der Waals surface area contributed by atoms with E-state index < -0.39 is 20.0 Å². The van der Waals surface area contributed by atoms with Gasteiger partial charge in [-0.3, -0.25) is 9.44 Å². The molecule has 0 atom stereocenters. The van der Waals surface area contributed by atoms with E-state index in [1.54, 1.807) is 42.5 Å². The van der Waals surface area contributed by atoms with Crippen LogP contribution in [0.5, 0.6) is 0 Å². The number of anilines is 2. The van der Waals surface area contributed by atoms with Crippen molar-refractivity contribution in [3.63, 3.8) is 0 Å². The second-order valence-electron chi connectivity index (χ2n) is 5.89. The number of sulfonamides is 2. The number of rotatable bonds is 6. The van der Waals surface area contributed by atoms with Crippen molar-refractivity contribution in [1.29, 1.82) is 0 Å². The number of benzene rings is 3. The number of halogens is 4. The molecule has 3 rings (SSSR count). The zero-order valence-electron chi connectivity index (χ0n) is 14.7. The minimum absolute atomic E-state index is 0.0353. The monoisotopic (exact) mass is 700 g/mol. The Morgan fingerprint density at radius 3 is 1.17 bits per heavy atom. The summed E-state index contributed by atoms with van der Waals surface area (Å²) in [6, 6.07) is 15.8. The molecule has 3 aromatic rings. The molecule has 12 heteroatoms. The third-order valence-corrected chi connectivity index (χ3v) is 10.4. The van der Waals surface area contributed by atoms with Gasteiger partial charge in [0.15, 0.2) is 0 Å². The maximum atomic E-state index is 12.8. The quantitative estimate of drug-likeness (QED) is 0.314. The molecule has 0 heterocycles. The lowest BCUT2D eigenvalue weighted by atomic mass is 10.3. The molecule has 0 radical (unpaired) electrons. The first-order valence-corrected chi connectivity index (χ1v) is 14.2. The van der Waals surface area contributed by atoms with Crippen LogP contribution in [-0.2, 0) is 20.0 Å². The number of hydrogen-bond donors (Lipinski definition) is 2. The summed E-state index contributed by atoms with van der Waals surface area (Å²) in [6.07, 6.45) is 0. The summed E-state index contributed by atoms with van der Waals surface area (Å²) in [5.41, 5.74) is 0.396. The molecule has 6 nitrogen and oxygen atoms in total. The average Bonchev–Trinajstić information content (AvgIpc) is 2.60. The van der Waals surface area contributed by atoms with Crippen LogP contribution >= 0.6 is 63.7 Å². The van der Waals surface area contributed by atoms with Crippen LogP contribution in [0.15, 0.2) is 88.3 Å². The van der Waals surface area contributed by atoms with Gasteiger partial charge in [-0.05, 0) is 106 Å². The van der Waals surface area contributed by atoms with Gasteiger partial charge in [-0.1, -0.05) is 18.2 Å². The summed E-state index contributed by atoms with van der Waals surface area (Å²) >= 11 is 13.0. The van der Waals surface area contributed by atoms with Gasteiger partial charge in [0.25, 0.3) is 20.0 Å². The Kier molecular flexibility index (Phi) is 7.35. The zero-order chi connectivity index (χ0) is 22.1. The molecule has 0 spiro atoms. The molecule has 0 saturated carbocycles. The van der Waals surface area contributed by atoms with E-state index in [1.807, 2.05) is 0 Å². The molecule has 0 aliphatic heterocycles. The fraction of sp³-hybridized carbons (Fsp3) is 0. The molecule has 30 heavy (non-hydrogen) atoms. The standard InChI is InChI=1S/C18H12Br4N2O4S2/c19-13-6-2-7-14(20)17(13)29(25,26)23-11-4-1-5-12(10-11)24-30(27,28)18-15(21)8-3-9-16(18)22/h1-10,23-24H. The highest BCUT2D eigenvalue weighted by Crippen LogP contribution is 2.33. The maximum Gasteiger partial charge on any atom is 0.264 e.